The van der Waals surface area contributed by atoms with Gasteiger partial charge in [-0.15, -0.1) is 0 Å². The molecular formula is C17H25N3. The van der Waals surface area contributed by atoms with Crippen molar-refractivity contribution < 1.29 is 0 Å². The normalized spacial score (nSPS) is 17.9. The van der Waals surface area contributed by atoms with Gasteiger partial charge in [0.1, 0.15) is 5.84 Å². The maximum Gasteiger partial charge on any atom is 0.132 e. The molecule has 0 spiro atoms. The molecule has 0 amide bonds. The first kappa shape index (κ1) is 16.2. The van der Waals surface area contributed by atoms with Crippen molar-refractivity contribution in [3.05, 3.63) is 48.2 Å². The van der Waals surface area contributed by atoms with Gasteiger partial charge >= 0.3 is 0 Å². The molecule has 0 aromatic heterocycles. The molecule has 0 atom stereocenters. The Morgan fingerprint density at radius 3 is 2.60 bits per heavy atom. The van der Waals surface area contributed by atoms with Gasteiger partial charge in [-0.3, -0.25) is 4.99 Å². The van der Waals surface area contributed by atoms with Crippen LogP contribution in [0.3, 0.4) is 0 Å². The lowest BCUT2D eigenvalue weighted by Crippen LogP contribution is -2.38. The molecule has 0 aromatic rings. The van der Waals surface area contributed by atoms with E-state index in [-0.39, 0.29) is 0 Å². The summed E-state index contributed by atoms with van der Waals surface area (Å²) in [7, 11) is 1.80. The molecule has 0 fully saturated rings. The topological polar surface area (TPSA) is 28.0 Å². The zero-order valence-electron chi connectivity index (χ0n) is 13.3. The van der Waals surface area contributed by atoms with Gasteiger partial charge in [0, 0.05) is 25.3 Å². The average molecular weight is 271 g/mol. The molecular weight excluding hydrogens is 246 g/mol. The maximum absolute atomic E-state index is 4.66. The average Bonchev–Trinajstić information content (AvgIpc) is 2.57. The van der Waals surface area contributed by atoms with E-state index in [0.717, 1.165) is 34.9 Å². The molecule has 0 radical (unpaired) electrons. The van der Waals surface area contributed by atoms with Crippen molar-refractivity contribution in [1.82, 2.24) is 4.90 Å². The van der Waals surface area contributed by atoms with E-state index in [0.29, 0.717) is 6.04 Å². The van der Waals surface area contributed by atoms with E-state index in [9.17, 15) is 0 Å². The number of allylic oxidation sites excluding steroid dienone is 2. The monoisotopic (exact) mass is 271 g/mol. The molecule has 20 heavy (non-hydrogen) atoms. The summed E-state index contributed by atoms with van der Waals surface area (Å²) in [6, 6.07) is 0.352. The Morgan fingerprint density at radius 1 is 1.45 bits per heavy atom. The van der Waals surface area contributed by atoms with Crippen LogP contribution in [0.4, 0.5) is 0 Å². The molecule has 1 rings (SSSR count). The summed E-state index contributed by atoms with van der Waals surface area (Å²) < 4.78 is 0. The van der Waals surface area contributed by atoms with E-state index in [1.54, 1.807) is 7.05 Å². The largest absolute Gasteiger partial charge is 0.350 e. The van der Waals surface area contributed by atoms with Crippen LogP contribution in [0, 0.1) is 0 Å². The van der Waals surface area contributed by atoms with Gasteiger partial charge in [-0.25, -0.2) is 4.99 Å². The Morgan fingerprint density at radius 2 is 2.10 bits per heavy atom. The summed E-state index contributed by atoms with van der Waals surface area (Å²) in [4.78, 5) is 11.1. The first-order chi connectivity index (χ1) is 9.38. The van der Waals surface area contributed by atoms with Gasteiger partial charge in [0.15, 0.2) is 0 Å². The first-order valence-corrected chi connectivity index (χ1v) is 6.88. The van der Waals surface area contributed by atoms with Crippen LogP contribution in [-0.4, -0.2) is 36.1 Å². The molecule has 3 nitrogen and oxygen atoms in total. The van der Waals surface area contributed by atoms with E-state index in [1.165, 1.54) is 0 Å². The van der Waals surface area contributed by atoms with E-state index in [2.05, 4.69) is 54.9 Å². The minimum absolute atomic E-state index is 0.352. The van der Waals surface area contributed by atoms with Gasteiger partial charge in [-0.2, -0.15) is 0 Å². The summed E-state index contributed by atoms with van der Waals surface area (Å²) in [5, 5.41) is 0. The van der Waals surface area contributed by atoms with E-state index >= 15 is 0 Å². The van der Waals surface area contributed by atoms with Gasteiger partial charge < -0.3 is 4.90 Å². The highest BCUT2D eigenvalue weighted by molar-refractivity contribution is 6.05. The first-order valence-electron chi connectivity index (χ1n) is 6.88. The highest BCUT2D eigenvalue weighted by Crippen LogP contribution is 2.19. The fourth-order valence-corrected chi connectivity index (χ4v) is 2.07. The number of aliphatic imine (C=N–C) groups is 2. The molecule has 0 unspecified atom stereocenters. The third-order valence-electron chi connectivity index (χ3n) is 3.24. The summed E-state index contributed by atoms with van der Waals surface area (Å²) in [5.74, 6) is 0.959. The smallest absolute Gasteiger partial charge is 0.132 e. The quantitative estimate of drug-likeness (QED) is 0.715. The molecule has 0 saturated carbocycles. The lowest BCUT2D eigenvalue weighted by Gasteiger charge is -2.30. The fraction of sp³-hybridized carbons (Fsp3) is 0.412. The van der Waals surface area contributed by atoms with Crippen molar-refractivity contribution in [2.45, 2.75) is 33.7 Å². The molecule has 1 heterocycles. The van der Waals surface area contributed by atoms with Crippen LogP contribution in [0.1, 0.15) is 27.7 Å². The third kappa shape index (κ3) is 4.05. The highest BCUT2D eigenvalue weighted by atomic mass is 15.2. The zero-order valence-corrected chi connectivity index (χ0v) is 13.3. The molecule has 0 bridgehead atoms. The molecule has 0 N–H and O–H groups in total. The van der Waals surface area contributed by atoms with Gasteiger partial charge in [-0.05, 0) is 51.0 Å². The van der Waals surface area contributed by atoms with Crippen LogP contribution in [0.15, 0.2) is 58.2 Å². The molecule has 0 aliphatic carbocycles. The predicted octanol–water partition coefficient (Wildman–Crippen LogP) is 3.77. The fourth-order valence-electron chi connectivity index (χ4n) is 2.07. The Kier molecular flexibility index (Phi) is 5.68. The molecule has 108 valence electrons. The van der Waals surface area contributed by atoms with Crippen LogP contribution in [0.2, 0.25) is 0 Å². The number of amidine groups is 1. The summed E-state index contributed by atoms with van der Waals surface area (Å²) in [6.07, 6.45) is 5.92. The molecule has 0 aromatic carbocycles. The van der Waals surface area contributed by atoms with Crippen LogP contribution in [-0.2, 0) is 0 Å². The van der Waals surface area contributed by atoms with Gasteiger partial charge in [-0.1, -0.05) is 19.2 Å². The van der Waals surface area contributed by atoms with Crippen LogP contribution < -0.4 is 0 Å². The summed E-state index contributed by atoms with van der Waals surface area (Å²) in [5.41, 5.74) is 3.98. The minimum atomic E-state index is 0.352. The van der Waals surface area contributed by atoms with Crippen molar-refractivity contribution in [2.24, 2.45) is 9.98 Å². The summed E-state index contributed by atoms with van der Waals surface area (Å²) in [6.45, 7) is 17.0. The molecule has 1 aliphatic heterocycles. The number of hydrogen-bond acceptors (Lipinski definition) is 3. The van der Waals surface area contributed by atoms with Crippen molar-refractivity contribution in [2.75, 3.05) is 13.6 Å². The number of hydrogen-bond donors (Lipinski definition) is 0. The van der Waals surface area contributed by atoms with Crippen LogP contribution in [0.25, 0.3) is 0 Å². The maximum atomic E-state index is 4.66. The van der Waals surface area contributed by atoms with E-state index in [4.69, 9.17) is 0 Å². The highest BCUT2D eigenvalue weighted by Gasteiger charge is 2.20. The third-order valence-corrected chi connectivity index (χ3v) is 3.24. The second-order valence-corrected chi connectivity index (χ2v) is 5.26. The van der Waals surface area contributed by atoms with Gasteiger partial charge in [0.25, 0.3) is 0 Å². The zero-order chi connectivity index (χ0) is 15.3. The lowest BCUT2D eigenvalue weighted by atomic mass is 10.1. The van der Waals surface area contributed by atoms with E-state index < -0.39 is 0 Å². The predicted molar refractivity (Wildman–Crippen MR) is 89.5 cm³/mol. The Bertz CT molecular complexity index is 516. The van der Waals surface area contributed by atoms with Crippen molar-refractivity contribution in [3.8, 4) is 0 Å². The Labute approximate surface area is 122 Å². The van der Waals surface area contributed by atoms with Crippen LogP contribution >= 0.6 is 0 Å². The number of rotatable bonds is 4. The van der Waals surface area contributed by atoms with Gasteiger partial charge in [0.05, 0.1) is 5.70 Å². The summed E-state index contributed by atoms with van der Waals surface area (Å²) >= 11 is 0. The van der Waals surface area contributed by atoms with Crippen LogP contribution in [0.5, 0.6) is 0 Å². The minimum Gasteiger partial charge on any atom is -0.350 e. The molecule has 3 heteroatoms. The Balaban J connectivity index is 3.25. The molecule has 1 aliphatic rings. The van der Waals surface area contributed by atoms with E-state index in [1.807, 2.05) is 19.1 Å². The van der Waals surface area contributed by atoms with Crippen molar-refractivity contribution >= 4 is 11.5 Å². The second kappa shape index (κ2) is 7.04. The second-order valence-electron chi connectivity index (χ2n) is 5.26. The Hall–Kier alpha value is -1.90. The standard InChI is InChI=1S/C17H25N3/c1-8-16-10-15(6)19-17(20(11-16)12(2)3)13(4)9-14(5)18-7/h8-10,12H,1,6,11H2,2-5,7H3/b13-9+,18-14?. The van der Waals surface area contributed by atoms with Gasteiger partial charge in [0.2, 0.25) is 0 Å². The van der Waals surface area contributed by atoms with Crippen molar-refractivity contribution in [3.63, 3.8) is 0 Å². The molecule has 0 saturated heterocycles. The SMILES string of the molecule is C=CC1=CC(=C)N=C(/C(C)=C/C(C)=NC)N(C(C)C)C1. The lowest BCUT2D eigenvalue weighted by molar-refractivity contribution is 0.379. The number of nitrogens with zero attached hydrogens (tertiary/aromatic N) is 3. The van der Waals surface area contributed by atoms with Crippen molar-refractivity contribution in [1.29, 1.82) is 0 Å².